The fraction of sp³-hybridized carbons (Fsp3) is 0.667. The monoisotopic (exact) mass is 292 g/mol. The Morgan fingerprint density at radius 3 is 2.14 bits per heavy atom. The minimum atomic E-state index is -0.734. The predicted molar refractivity (Wildman–Crippen MR) is 84.0 cm³/mol. The van der Waals surface area contributed by atoms with Gasteiger partial charge in [0.1, 0.15) is 5.75 Å². The van der Waals surface area contributed by atoms with Gasteiger partial charge in [-0.05, 0) is 55.1 Å². The number of ether oxygens (including phenoxy) is 1. The highest BCUT2D eigenvalue weighted by atomic mass is 16.6. The highest BCUT2D eigenvalue weighted by Crippen LogP contribution is 2.65. The van der Waals surface area contributed by atoms with E-state index in [0.717, 1.165) is 12.3 Å². The van der Waals surface area contributed by atoms with Crippen LogP contribution in [0.1, 0.15) is 47.0 Å². The highest BCUT2D eigenvalue weighted by molar-refractivity contribution is 5.20. The standard InChI is InChI=1S/C10H18O.C8H10O2/c1-9(2)7-4-5-10(9,3)8(11)6-7;1-7(9)10-8-5-3-2-4-6-8/h7-8,11H,4-6H2,1-3H3;2-7,9H,1H3/t7-,8+,10-;/m1./s1. The lowest BCUT2D eigenvalue weighted by Crippen LogP contribution is -2.35. The predicted octanol–water partition coefficient (Wildman–Crippen LogP) is 3.60. The van der Waals surface area contributed by atoms with Crippen LogP contribution in [0.25, 0.3) is 0 Å². The van der Waals surface area contributed by atoms with Gasteiger partial charge in [0.15, 0.2) is 6.29 Å². The van der Waals surface area contributed by atoms with Crippen molar-refractivity contribution in [2.24, 2.45) is 16.7 Å². The minimum absolute atomic E-state index is 0.0313. The van der Waals surface area contributed by atoms with Crippen molar-refractivity contribution in [3.05, 3.63) is 30.3 Å². The third-order valence-electron chi connectivity index (χ3n) is 5.80. The second-order valence-electron chi connectivity index (χ2n) is 7.16. The fourth-order valence-electron chi connectivity index (χ4n) is 3.86. The molecule has 1 unspecified atom stereocenters. The van der Waals surface area contributed by atoms with E-state index in [0.29, 0.717) is 11.2 Å². The Hall–Kier alpha value is -1.06. The molecule has 4 atom stereocenters. The molecule has 2 saturated carbocycles. The molecule has 2 aliphatic rings. The molecule has 118 valence electrons. The van der Waals surface area contributed by atoms with Gasteiger partial charge in [-0.25, -0.2) is 0 Å². The van der Waals surface area contributed by atoms with Crippen LogP contribution in [0.2, 0.25) is 0 Å². The summed E-state index contributed by atoms with van der Waals surface area (Å²) < 4.78 is 4.97. The molecule has 2 N–H and O–H groups in total. The van der Waals surface area contributed by atoms with E-state index < -0.39 is 6.29 Å². The number of hydrogen-bond donors (Lipinski definition) is 2. The van der Waals surface area contributed by atoms with Crippen LogP contribution in [0.15, 0.2) is 30.3 Å². The van der Waals surface area contributed by atoms with Crippen molar-refractivity contribution < 1.29 is 14.9 Å². The SMILES string of the molecule is CC(O)Oc1ccccc1.CC1(C)[C@@H]2CC[C@]1(C)[C@@H](O)C2. The van der Waals surface area contributed by atoms with Crippen LogP contribution in [0.4, 0.5) is 0 Å². The summed E-state index contributed by atoms with van der Waals surface area (Å²) in [4.78, 5) is 0. The van der Waals surface area contributed by atoms with Crippen LogP contribution >= 0.6 is 0 Å². The summed E-state index contributed by atoms with van der Waals surface area (Å²) in [5, 5.41) is 18.6. The molecule has 0 spiro atoms. The number of hydrogen-bond acceptors (Lipinski definition) is 3. The molecule has 3 rings (SSSR count). The smallest absolute Gasteiger partial charge is 0.194 e. The average molecular weight is 292 g/mol. The molecule has 2 aliphatic carbocycles. The zero-order valence-electron chi connectivity index (χ0n) is 13.5. The second-order valence-corrected chi connectivity index (χ2v) is 7.16. The molecule has 2 bridgehead atoms. The molecule has 0 aromatic heterocycles. The van der Waals surface area contributed by atoms with Gasteiger partial charge in [-0.1, -0.05) is 39.0 Å². The molecular weight excluding hydrogens is 264 g/mol. The number of rotatable bonds is 2. The minimum Gasteiger partial charge on any atom is -0.465 e. The van der Waals surface area contributed by atoms with Gasteiger partial charge in [0.05, 0.1) is 6.10 Å². The van der Waals surface area contributed by atoms with E-state index in [4.69, 9.17) is 9.84 Å². The molecule has 3 nitrogen and oxygen atoms in total. The Morgan fingerprint density at radius 1 is 1.19 bits per heavy atom. The van der Waals surface area contributed by atoms with Crippen molar-refractivity contribution in [3.8, 4) is 5.75 Å². The van der Waals surface area contributed by atoms with Gasteiger partial charge in [-0.2, -0.15) is 0 Å². The van der Waals surface area contributed by atoms with Gasteiger partial charge < -0.3 is 14.9 Å². The summed E-state index contributed by atoms with van der Waals surface area (Å²) in [6.45, 7) is 8.47. The molecule has 0 saturated heterocycles. The summed E-state index contributed by atoms with van der Waals surface area (Å²) in [5.41, 5.74) is 0.601. The Labute approximate surface area is 128 Å². The fourth-order valence-corrected chi connectivity index (χ4v) is 3.86. The van der Waals surface area contributed by atoms with Gasteiger partial charge >= 0.3 is 0 Å². The summed E-state index contributed by atoms with van der Waals surface area (Å²) in [7, 11) is 0. The third-order valence-corrected chi connectivity index (χ3v) is 5.80. The van der Waals surface area contributed by atoms with E-state index in [2.05, 4.69) is 20.8 Å². The largest absolute Gasteiger partial charge is 0.465 e. The van der Waals surface area contributed by atoms with Crippen LogP contribution in [0.3, 0.4) is 0 Å². The van der Waals surface area contributed by atoms with E-state index >= 15 is 0 Å². The summed E-state index contributed by atoms with van der Waals surface area (Å²) in [6, 6.07) is 9.21. The van der Waals surface area contributed by atoms with Crippen LogP contribution in [-0.2, 0) is 0 Å². The summed E-state index contributed by atoms with van der Waals surface area (Å²) in [6.07, 6.45) is 2.84. The summed E-state index contributed by atoms with van der Waals surface area (Å²) in [5.74, 6) is 1.47. The molecule has 3 heteroatoms. The maximum atomic E-state index is 9.81. The normalized spacial score (nSPS) is 34.0. The van der Waals surface area contributed by atoms with E-state index in [1.54, 1.807) is 19.1 Å². The van der Waals surface area contributed by atoms with Crippen LogP contribution in [-0.4, -0.2) is 22.6 Å². The van der Waals surface area contributed by atoms with Crippen molar-refractivity contribution in [1.82, 2.24) is 0 Å². The molecule has 1 aromatic carbocycles. The van der Waals surface area contributed by atoms with Gasteiger partial charge in [-0.15, -0.1) is 0 Å². The van der Waals surface area contributed by atoms with Crippen molar-refractivity contribution in [3.63, 3.8) is 0 Å². The first-order valence-corrected chi connectivity index (χ1v) is 7.85. The van der Waals surface area contributed by atoms with E-state index in [-0.39, 0.29) is 11.5 Å². The third kappa shape index (κ3) is 3.09. The molecule has 1 aromatic rings. The number of aliphatic hydroxyl groups is 2. The van der Waals surface area contributed by atoms with E-state index in [1.165, 1.54) is 12.8 Å². The number of benzene rings is 1. The van der Waals surface area contributed by atoms with E-state index in [9.17, 15) is 5.11 Å². The zero-order chi connectivity index (χ0) is 15.7. The molecule has 2 fully saturated rings. The first kappa shape index (κ1) is 16.3. The van der Waals surface area contributed by atoms with Crippen molar-refractivity contribution in [1.29, 1.82) is 0 Å². The molecular formula is C18H28O3. The highest BCUT2D eigenvalue weighted by Gasteiger charge is 2.60. The van der Waals surface area contributed by atoms with Crippen molar-refractivity contribution >= 4 is 0 Å². The average Bonchev–Trinajstić information content (AvgIpc) is 2.73. The zero-order valence-corrected chi connectivity index (χ0v) is 13.5. The molecule has 21 heavy (non-hydrogen) atoms. The van der Waals surface area contributed by atoms with Gasteiger partial charge in [0.25, 0.3) is 0 Å². The molecule has 0 aliphatic heterocycles. The first-order chi connectivity index (χ1) is 9.77. The summed E-state index contributed by atoms with van der Waals surface area (Å²) >= 11 is 0. The topological polar surface area (TPSA) is 49.7 Å². The number of para-hydroxylation sites is 1. The molecule has 0 heterocycles. The molecule has 0 amide bonds. The van der Waals surface area contributed by atoms with Gasteiger partial charge in [-0.3, -0.25) is 0 Å². The Kier molecular flexibility index (Phi) is 4.64. The van der Waals surface area contributed by atoms with Crippen LogP contribution in [0.5, 0.6) is 5.75 Å². The second kappa shape index (κ2) is 5.98. The molecule has 0 radical (unpaired) electrons. The van der Waals surface area contributed by atoms with Crippen molar-refractivity contribution in [2.75, 3.05) is 0 Å². The first-order valence-electron chi connectivity index (χ1n) is 7.85. The van der Waals surface area contributed by atoms with Crippen molar-refractivity contribution in [2.45, 2.75) is 59.4 Å². The number of fused-ring (bicyclic) bond motifs is 2. The van der Waals surface area contributed by atoms with Gasteiger partial charge in [0.2, 0.25) is 0 Å². The Balaban J connectivity index is 0.000000155. The lowest BCUT2D eigenvalue weighted by molar-refractivity contribution is -0.000294. The lowest BCUT2D eigenvalue weighted by Gasteiger charge is -2.36. The van der Waals surface area contributed by atoms with Crippen LogP contribution < -0.4 is 4.74 Å². The Morgan fingerprint density at radius 2 is 1.81 bits per heavy atom. The van der Waals surface area contributed by atoms with Crippen LogP contribution in [0, 0.1) is 16.7 Å². The maximum Gasteiger partial charge on any atom is 0.194 e. The van der Waals surface area contributed by atoms with E-state index in [1.807, 2.05) is 18.2 Å². The quantitative estimate of drug-likeness (QED) is 0.819. The lowest BCUT2D eigenvalue weighted by atomic mass is 9.70. The van der Waals surface area contributed by atoms with Gasteiger partial charge in [0, 0.05) is 0 Å². The number of aliphatic hydroxyl groups excluding tert-OH is 2. The maximum absolute atomic E-state index is 9.81. The Bertz CT molecular complexity index is 455.